The molecule has 0 unspecified atom stereocenters. The Kier molecular flexibility index (Phi) is 23.5. The molecule has 0 aromatic rings. The molecule has 19 nitrogen and oxygen atoms in total. The Morgan fingerprint density at radius 3 is 0.923 bits per heavy atom. The summed E-state index contributed by atoms with van der Waals surface area (Å²) in [7, 11) is 0. The summed E-state index contributed by atoms with van der Waals surface area (Å²) in [5.74, 6) is -5.02. The summed E-state index contributed by atoms with van der Waals surface area (Å²) in [5, 5.41) is 78.1. The van der Waals surface area contributed by atoms with Gasteiger partial charge in [-0.15, -0.1) is 0 Å². The minimum absolute atomic E-state index is 0. The van der Waals surface area contributed by atoms with Crippen molar-refractivity contribution < 1.29 is 50.1 Å². The number of aliphatic carboxylic acids is 3. The molecule has 20 heteroatoms. The third kappa shape index (κ3) is 49.8. The Labute approximate surface area is 153 Å². The summed E-state index contributed by atoms with van der Waals surface area (Å²) in [6, 6.07) is 0. The van der Waals surface area contributed by atoms with Crippen LogP contribution in [0.15, 0.2) is 0 Å². The van der Waals surface area contributed by atoms with E-state index in [1.165, 1.54) is 0 Å². The Bertz CT molecular complexity index is 436. The van der Waals surface area contributed by atoms with Crippen LogP contribution in [-0.4, -0.2) is 79.0 Å². The average molecular weight is 448 g/mol. The molecule has 0 aliphatic heterocycles. The molecular weight excluding hydrogens is 440 g/mol. The summed E-state index contributed by atoms with van der Waals surface area (Å²) >= 11 is 0. The first-order valence-corrected chi connectivity index (χ1v) is 4.81. The number of aliphatic hydroxyl groups is 1. The van der Waals surface area contributed by atoms with E-state index >= 15 is 0 Å². The molecular formula is C6H8GaN3O16. The van der Waals surface area contributed by atoms with Crippen molar-refractivity contribution >= 4 is 37.7 Å². The normalized spacial score (nSPS) is 8.19. The summed E-state index contributed by atoms with van der Waals surface area (Å²) in [6.07, 6.45) is -2.29. The SMILES string of the molecule is O=C(O)CC(O)(CC(=O)O)C(=O)O.O=[N+]([O-])[O-].O=[N+]([O-])[O-].O=[N+]([O-])[O-].[Ga+3]. The maximum Gasteiger partial charge on any atom is 3.00 e. The summed E-state index contributed by atoms with van der Waals surface area (Å²) < 4.78 is 0. The van der Waals surface area contributed by atoms with Crippen LogP contribution < -0.4 is 0 Å². The molecule has 0 aromatic heterocycles. The van der Waals surface area contributed by atoms with Crippen molar-refractivity contribution in [3.8, 4) is 0 Å². The summed E-state index contributed by atoms with van der Waals surface area (Å²) in [6.45, 7) is 0. The van der Waals surface area contributed by atoms with Gasteiger partial charge in [-0.1, -0.05) is 0 Å². The standard InChI is InChI=1S/C6H8O7.Ga.3NO3/c7-3(8)1-6(13,5(11)12)2-4(9)10;;3*2-1(3)4/h13H,1-2H2,(H,7,8)(H,9,10)(H,11,12);;;;/q;+3;3*-1. The molecule has 0 amide bonds. The van der Waals surface area contributed by atoms with Gasteiger partial charge < -0.3 is 66.4 Å². The number of carboxylic acid groups (broad SMARTS) is 3. The topological polar surface area (TPSA) is 331 Å². The van der Waals surface area contributed by atoms with E-state index in [-0.39, 0.29) is 19.8 Å². The smallest absolute Gasteiger partial charge is 0.481 e. The minimum atomic E-state index is -2.74. The van der Waals surface area contributed by atoms with Crippen molar-refractivity contribution in [1.82, 2.24) is 0 Å². The third-order valence-corrected chi connectivity index (χ3v) is 1.29. The largest absolute Gasteiger partial charge is 3.00 e. The van der Waals surface area contributed by atoms with Gasteiger partial charge in [0.2, 0.25) is 0 Å². The molecule has 0 heterocycles. The molecule has 0 saturated heterocycles. The molecule has 0 rings (SSSR count). The fourth-order valence-electron chi connectivity index (χ4n) is 0.714. The van der Waals surface area contributed by atoms with Crippen molar-refractivity contribution in [2.45, 2.75) is 18.4 Å². The van der Waals surface area contributed by atoms with Crippen LogP contribution in [0.5, 0.6) is 0 Å². The number of nitrogens with zero attached hydrogens (tertiary/aromatic N) is 3. The van der Waals surface area contributed by atoms with Gasteiger partial charge in [-0.05, 0) is 0 Å². The Balaban J connectivity index is -0.0000000933. The molecule has 146 valence electrons. The molecule has 0 radical (unpaired) electrons. The summed E-state index contributed by atoms with van der Waals surface area (Å²) in [4.78, 5) is 55.2. The number of hydrogen-bond acceptors (Lipinski definition) is 13. The van der Waals surface area contributed by atoms with Gasteiger partial charge in [0, 0.05) is 0 Å². The number of carbonyl (C=O) groups is 3. The molecule has 0 aliphatic carbocycles. The Morgan fingerprint density at radius 2 is 0.846 bits per heavy atom. The molecule has 0 aliphatic rings. The van der Waals surface area contributed by atoms with E-state index in [1.54, 1.807) is 0 Å². The predicted molar refractivity (Wildman–Crippen MR) is 73.9 cm³/mol. The maximum absolute atomic E-state index is 10.3. The molecule has 0 bridgehead atoms. The quantitative estimate of drug-likeness (QED) is 0.194. The van der Waals surface area contributed by atoms with E-state index in [9.17, 15) is 14.4 Å². The van der Waals surface area contributed by atoms with E-state index in [0.717, 1.165) is 0 Å². The number of rotatable bonds is 5. The monoisotopic (exact) mass is 447 g/mol. The number of carboxylic acids is 3. The van der Waals surface area contributed by atoms with E-state index < -0.39 is 51.6 Å². The van der Waals surface area contributed by atoms with Crippen LogP contribution in [0.2, 0.25) is 0 Å². The predicted octanol–water partition coefficient (Wildman–Crippen LogP) is -2.35. The zero-order valence-electron chi connectivity index (χ0n) is 12.0. The first kappa shape index (κ1) is 34.0. The van der Waals surface area contributed by atoms with E-state index in [0.29, 0.717) is 0 Å². The molecule has 0 aromatic carbocycles. The molecule has 4 N–H and O–H groups in total. The fraction of sp³-hybridized carbons (Fsp3) is 0.500. The molecule has 0 fully saturated rings. The van der Waals surface area contributed by atoms with Gasteiger partial charge in [0.25, 0.3) is 0 Å². The Hall–Kier alpha value is -3.39. The molecule has 0 saturated carbocycles. The first-order valence-electron chi connectivity index (χ1n) is 4.81. The second-order valence-corrected chi connectivity index (χ2v) is 3.15. The maximum atomic E-state index is 10.3. The van der Waals surface area contributed by atoms with Crippen molar-refractivity contribution in [2.75, 3.05) is 0 Å². The van der Waals surface area contributed by atoms with Crippen molar-refractivity contribution in [3.05, 3.63) is 46.0 Å². The van der Waals surface area contributed by atoms with Crippen LogP contribution in [0.1, 0.15) is 12.8 Å². The van der Waals surface area contributed by atoms with E-state index in [4.69, 9.17) is 66.4 Å². The van der Waals surface area contributed by atoms with Gasteiger partial charge in [0.1, 0.15) is 0 Å². The Morgan fingerprint density at radius 1 is 0.692 bits per heavy atom. The molecule has 26 heavy (non-hydrogen) atoms. The third-order valence-electron chi connectivity index (χ3n) is 1.29. The van der Waals surface area contributed by atoms with Crippen molar-refractivity contribution in [2.24, 2.45) is 0 Å². The zero-order chi connectivity index (χ0) is 21.4. The van der Waals surface area contributed by atoms with Crippen LogP contribution in [0, 0.1) is 46.0 Å². The van der Waals surface area contributed by atoms with Crippen LogP contribution in [0.3, 0.4) is 0 Å². The second-order valence-electron chi connectivity index (χ2n) is 3.15. The first-order chi connectivity index (χ1) is 11.0. The zero-order valence-corrected chi connectivity index (χ0v) is 14.4. The summed E-state index contributed by atoms with van der Waals surface area (Å²) in [5.41, 5.74) is -2.74. The van der Waals surface area contributed by atoms with Gasteiger partial charge in [-0.3, -0.25) is 9.59 Å². The van der Waals surface area contributed by atoms with Gasteiger partial charge in [0.05, 0.1) is 28.1 Å². The van der Waals surface area contributed by atoms with Gasteiger partial charge in [-0.2, -0.15) is 0 Å². The van der Waals surface area contributed by atoms with Gasteiger partial charge >= 0.3 is 37.7 Å². The van der Waals surface area contributed by atoms with Gasteiger partial charge in [-0.25, -0.2) is 4.79 Å². The molecule has 0 atom stereocenters. The van der Waals surface area contributed by atoms with Crippen molar-refractivity contribution in [3.63, 3.8) is 0 Å². The molecule has 0 spiro atoms. The van der Waals surface area contributed by atoms with Crippen LogP contribution in [0.4, 0.5) is 0 Å². The van der Waals surface area contributed by atoms with E-state index in [2.05, 4.69) is 0 Å². The van der Waals surface area contributed by atoms with E-state index in [1.807, 2.05) is 0 Å². The van der Waals surface area contributed by atoms with Gasteiger partial charge in [0.15, 0.2) is 5.60 Å². The van der Waals surface area contributed by atoms with Crippen LogP contribution >= 0.6 is 0 Å². The minimum Gasteiger partial charge on any atom is -0.481 e. The van der Waals surface area contributed by atoms with Crippen molar-refractivity contribution in [1.29, 1.82) is 0 Å². The van der Waals surface area contributed by atoms with Crippen LogP contribution in [0.25, 0.3) is 0 Å². The number of hydrogen-bond donors (Lipinski definition) is 4. The van der Waals surface area contributed by atoms with Crippen LogP contribution in [-0.2, 0) is 14.4 Å². The average Bonchev–Trinajstić information content (AvgIpc) is 2.22. The second kappa shape index (κ2) is 18.0. The fourth-order valence-corrected chi connectivity index (χ4v) is 0.714.